The third kappa shape index (κ3) is 3.85. The van der Waals surface area contributed by atoms with Gasteiger partial charge in [0.2, 0.25) is 0 Å². The summed E-state index contributed by atoms with van der Waals surface area (Å²) in [5.74, 6) is -1.32. The molecule has 0 aliphatic heterocycles. The van der Waals surface area contributed by atoms with Crippen molar-refractivity contribution in [2.45, 2.75) is 13.3 Å². The second-order valence-electron chi connectivity index (χ2n) is 4.31. The summed E-state index contributed by atoms with van der Waals surface area (Å²) in [5.41, 5.74) is 1.43. The summed E-state index contributed by atoms with van der Waals surface area (Å²) in [6.45, 7) is 1.72. The highest BCUT2D eigenvalue weighted by atomic mass is 32.1. The van der Waals surface area contributed by atoms with Crippen LogP contribution in [0.15, 0.2) is 23.6 Å². The van der Waals surface area contributed by atoms with Gasteiger partial charge in [0, 0.05) is 10.9 Å². The Morgan fingerprint density at radius 1 is 1.43 bits per heavy atom. The van der Waals surface area contributed by atoms with Crippen molar-refractivity contribution in [3.8, 4) is 0 Å². The number of carbonyl (C=O) groups is 2. The minimum Gasteiger partial charge on any atom is -0.469 e. The first-order valence-corrected chi connectivity index (χ1v) is 6.96. The molecule has 0 aliphatic carbocycles. The Bertz CT molecular complexity index is 685. The number of rotatable bonds is 4. The van der Waals surface area contributed by atoms with E-state index in [1.54, 1.807) is 12.3 Å². The molecule has 2 rings (SSSR count). The van der Waals surface area contributed by atoms with Crippen LogP contribution in [0.25, 0.3) is 0 Å². The van der Waals surface area contributed by atoms with E-state index < -0.39 is 17.7 Å². The van der Waals surface area contributed by atoms with E-state index in [2.05, 4.69) is 15.0 Å². The number of esters is 1. The third-order valence-corrected chi connectivity index (χ3v) is 3.58. The number of nitrogens with one attached hydrogen (secondary N) is 1. The lowest BCUT2D eigenvalue weighted by Crippen LogP contribution is -2.13. The number of ether oxygens (including phenoxy) is 1. The Hall–Kier alpha value is -2.28. The van der Waals surface area contributed by atoms with Crippen LogP contribution in [0.1, 0.15) is 21.6 Å². The van der Waals surface area contributed by atoms with Crippen molar-refractivity contribution in [2.24, 2.45) is 0 Å². The first-order valence-electron chi connectivity index (χ1n) is 6.08. The minimum absolute atomic E-state index is 0.0435. The van der Waals surface area contributed by atoms with Crippen LogP contribution in [-0.4, -0.2) is 24.0 Å². The fourth-order valence-corrected chi connectivity index (χ4v) is 2.37. The number of anilines is 1. The number of aryl methyl sites for hydroxylation is 1. The second-order valence-corrected chi connectivity index (χ2v) is 5.17. The highest BCUT2D eigenvalue weighted by Gasteiger charge is 2.13. The lowest BCUT2D eigenvalue weighted by Gasteiger charge is -2.05. The van der Waals surface area contributed by atoms with Crippen LogP contribution in [0.4, 0.5) is 9.52 Å². The quantitative estimate of drug-likeness (QED) is 0.881. The van der Waals surface area contributed by atoms with Gasteiger partial charge in [-0.1, -0.05) is 6.07 Å². The number of nitrogens with zero attached hydrogens (tertiary/aromatic N) is 1. The van der Waals surface area contributed by atoms with E-state index >= 15 is 0 Å². The molecule has 0 radical (unpaired) electrons. The fourth-order valence-electron chi connectivity index (χ4n) is 1.67. The number of aromatic nitrogens is 1. The van der Waals surface area contributed by atoms with Crippen molar-refractivity contribution in [1.82, 2.24) is 4.98 Å². The summed E-state index contributed by atoms with van der Waals surface area (Å²) in [4.78, 5) is 27.3. The third-order valence-electron chi connectivity index (χ3n) is 2.77. The van der Waals surface area contributed by atoms with Crippen LogP contribution in [0, 0.1) is 12.7 Å². The highest BCUT2D eigenvalue weighted by molar-refractivity contribution is 7.14. The van der Waals surface area contributed by atoms with Crippen molar-refractivity contribution < 1.29 is 18.7 Å². The normalized spacial score (nSPS) is 10.2. The molecule has 5 nitrogen and oxygen atoms in total. The first-order chi connectivity index (χ1) is 9.99. The molecule has 0 saturated heterocycles. The fraction of sp³-hybridized carbons (Fsp3) is 0.214. The lowest BCUT2D eigenvalue weighted by molar-refractivity contribution is -0.139. The van der Waals surface area contributed by atoms with Gasteiger partial charge < -0.3 is 4.74 Å². The van der Waals surface area contributed by atoms with Crippen molar-refractivity contribution in [3.63, 3.8) is 0 Å². The van der Waals surface area contributed by atoms with Gasteiger partial charge in [-0.2, -0.15) is 0 Å². The summed E-state index contributed by atoms with van der Waals surface area (Å²) in [7, 11) is 1.30. The van der Waals surface area contributed by atoms with Crippen molar-refractivity contribution in [2.75, 3.05) is 12.4 Å². The van der Waals surface area contributed by atoms with E-state index in [0.29, 0.717) is 16.4 Å². The predicted octanol–water partition coefficient (Wildman–Crippen LogP) is 2.56. The smallest absolute Gasteiger partial charge is 0.311 e. The summed E-state index contributed by atoms with van der Waals surface area (Å²) in [6, 6.07) is 4.01. The number of hydrogen-bond acceptors (Lipinski definition) is 5. The summed E-state index contributed by atoms with van der Waals surface area (Å²) < 4.78 is 17.7. The highest BCUT2D eigenvalue weighted by Crippen LogP contribution is 2.18. The van der Waals surface area contributed by atoms with Gasteiger partial charge in [-0.05, 0) is 24.6 Å². The molecular weight excluding hydrogens is 295 g/mol. The van der Waals surface area contributed by atoms with E-state index in [4.69, 9.17) is 0 Å². The molecule has 0 aliphatic rings. The molecule has 1 heterocycles. The van der Waals surface area contributed by atoms with Gasteiger partial charge in [0.1, 0.15) is 5.82 Å². The minimum atomic E-state index is -0.476. The Balaban J connectivity index is 2.09. The topological polar surface area (TPSA) is 68.3 Å². The van der Waals surface area contributed by atoms with Gasteiger partial charge in [-0.25, -0.2) is 9.37 Å². The van der Waals surface area contributed by atoms with E-state index in [-0.39, 0.29) is 12.0 Å². The van der Waals surface area contributed by atoms with Crippen LogP contribution in [-0.2, 0) is 16.0 Å². The van der Waals surface area contributed by atoms with E-state index in [0.717, 1.165) is 0 Å². The first kappa shape index (κ1) is 15.1. The van der Waals surface area contributed by atoms with Crippen LogP contribution in [0.3, 0.4) is 0 Å². The average molecular weight is 308 g/mol. The Morgan fingerprint density at radius 2 is 2.19 bits per heavy atom. The van der Waals surface area contributed by atoms with Crippen LogP contribution in [0.2, 0.25) is 0 Å². The van der Waals surface area contributed by atoms with Gasteiger partial charge in [-0.3, -0.25) is 14.9 Å². The molecule has 0 unspecified atom stereocenters. The Kier molecular flexibility index (Phi) is 4.64. The number of methoxy groups -OCH3 is 1. The molecule has 1 aromatic heterocycles. The summed E-state index contributed by atoms with van der Waals surface area (Å²) in [5, 5.41) is 4.59. The maximum Gasteiger partial charge on any atom is 0.311 e. The van der Waals surface area contributed by atoms with E-state index in [9.17, 15) is 14.0 Å². The van der Waals surface area contributed by atoms with Crippen molar-refractivity contribution in [3.05, 3.63) is 46.2 Å². The van der Waals surface area contributed by atoms with Crippen LogP contribution in [0.5, 0.6) is 0 Å². The van der Waals surface area contributed by atoms with E-state index in [1.807, 2.05) is 0 Å². The predicted molar refractivity (Wildman–Crippen MR) is 76.9 cm³/mol. The van der Waals surface area contributed by atoms with Gasteiger partial charge in [-0.15, -0.1) is 11.3 Å². The molecule has 0 atom stereocenters. The Morgan fingerprint density at radius 3 is 2.90 bits per heavy atom. The SMILES string of the molecule is COC(=O)Cc1csc(NC(=O)c2cc(F)ccc2C)n1. The molecule has 7 heteroatoms. The standard InChI is InChI=1S/C14H13FN2O3S/c1-8-3-4-9(15)5-11(8)13(19)17-14-16-10(7-21-14)6-12(18)20-2/h3-5,7H,6H2,1-2H3,(H,16,17,19). The number of benzene rings is 1. The van der Waals surface area contributed by atoms with Crippen molar-refractivity contribution >= 4 is 28.3 Å². The molecule has 0 saturated carbocycles. The maximum absolute atomic E-state index is 13.2. The average Bonchev–Trinajstić information content (AvgIpc) is 2.88. The maximum atomic E-state index is 13.2. The molecular formula is C14H13FN2O3S. The molecule has 110 valence electrons. The molecule has 0 bridgehead atoms. The molecule has 1 aromatic carbocycles. The van der Waals surface area contributed by atoms with Gasteiger partial charge in [0.25, 0.3) is 5.91 Å². The zero-order valence-corrected chi connectivity index (χ0v) is 12.3. The number of halogens is 1. The summed E-state index contributed by atoms with van der Waals surface area (Å²) >= 11 is 1.19. The summed E-state index contributed by atoms with van der Waals surface area (Å²) in [6.07, 6.45) is 0.0435. The second kappa shape index (κ2) is 6.45. The zero-order chi connectivity index (χ0) is 15.4. The molecule has 1 amide bonds. The van der Waals surface area contributed by atoms with Gasteiger partial charge in [0.05, 0.1) is 19.2 Å². The zero-order valence-electron chi connectivity index (χ0n) is 11.5. The number of hydrogen-bond donors (Lipinski definition) is 1. The van der Waals surface area contributed by atoms with Crippen molar-refractivity contribution in [1.29, 1.82) is 0 Å². The number of amides is 1. The van der Waals surface area contributed by atoms with Crippen LogP contribution < -0.4 is 5.32 Å². The number of carbonyl (C=O) groups excluding carboxylic acids is 2. The molecule has 0 spiro atoms. The Labute approximate surface area is 124 Å². The van der Waals surface area contributed by atoms with Gasteiger partial charge >= 0.3 is 5.97 Å². The monoisotopic (exact) mass is 308 g/mol. The van der Waals surface area contributed by atoms with Gasteiger partial charge in [0.15, 0.2) is 5.13 Å². The largest absolute Gasteiger partial charge is 0.469 e. The molecule has 0 fully saturated rings. The molecule has 1 N–H and O–H groups in total. The lowest BCUT2D eigenvalue weighted by atomic mass is 10.1. The molecule has 2 aromatic rings. The van der Waals surface area contributed by atoms with E-state index in [1.165, 1.54) is 36.6 Å². The number of thiazole rings is 1. The van der Waals surface area contributed by atoms with Crippen LogP contribution >= 0.6 is 11.3 Å². The molecule has 21 heavy (non-hydrogen) atoms.